The molecule has 0 aromatic rings. The highest BCUT2D eigenvalue weighted by Crippen LogP contribution is 2.15. The summed E-state index contributed by atoms with van der Waals surface area (Å²) in [5, 5.41) is 3.07. The first-order valence-corrected chi connectivity index (χ1v) is 7.46. The van der Waals surface area contributed by atoms with Gasteiger partial charge in [-0.05, 0) is 80.4 Å². The number of carbonyl (C=O) groups is 1. The van der Waals surface area contributed by atoms with Crippen molar-refractivity contribution in [2.45, 2.75) is 38.1 Å². The first-order valence-electron chi connectivity index (χ1n) is 7.46. The Morgan fingerprint density at radius 3 is 2.20 bits per heavy atom. The van der Waals surface area contributed by atoms with E-state index >= 15 is 0 Å². The summed E-state index contributed by atoms with van der Waals surface area (Å²) in [7, 11) is 9.62. The first kappa shape index (κ1) is 19.4. The van der Waals surface area contributed by atoms with E-state index in [2.05, 4.69) is 36.3 Å². The molecule has 0 aliphatic carbocycles. The molecule has 0 saturated carbocycles. The number of methoxy groups -OCH3 is 1. The number of ether oxygens (including phenoxy) is 1. The van der Waals surface area contributed by atoms with Crippen molar-refractivity contribution in [1.29, 1.82) is 0 Å². The van der Waals surface area contributed by atoms with E-state index in [1.54, 1.807) is 0 Å². The van der Waals surface area contributed by atoms with Gasteiger partial charge >= 0.3 is 5.97 Å². The van der Waals surface area contributed by atoms with E-state index in [4.69, 9.17) is 4.74 Å². The zero-order valence-electron chi connectivity index (χ0n) is 14.2. The SMILES string of the molecule is CNC(C)(CCCCN(C)CCCN(C)C)C(=O)OC. The molecule has 0 aromatic heterocycles. The topological polar surface area (TPSA) is 44.8 Å². The molecule has 1 unspecified atom stereocenters. The summed E-state index contributed by atoms with van der Waals surface area (Å²) in [5.41, 5.74) is -0.557. The molecule has 5 nitrogen and oxygen atoms in total. The lowest BCUT2D eigenvalue weighted by Gasteiger charge is -2.26. The largest absolute Gasteiger partial charge is 0.468 e. The summed E-state index contributed by atoms with van der Waals surface area (Å²) in [4.78, 5) is 16.3. The number of hydrogen-bond acceptors (Lipinski definition) is 5. The Morgan fingerprint density at radius 2 is 1.70 bits per heavy atom. The molecule has 0 fully saturated rings. The molecule has 0 amide bonds. The van der Waals surface area contributed by atoms with Crippen LogP contribution in [-0.4, -0.2) is 76.2 Å². The lowest BCUT2D eigenvalue weighted by atomic mass is 9.95. The van der Waals surface area contributed by atoms with Crippen LogP contribution >= 0.6 is 0 Å². The molecule has 0 aliphatic heterocycles. The highest BCUT2D eigenvalue weighted by molar-refractivity contribution is 5.80. The smallest absolute Gasteiger partial charge is 0.325 e. The monoisotopic (exact) mass is 287 g/mol. The molecule has 0 saturated heterocycles. The number of hydrogen-bond donors (Lipinski definition) is 1. The van der Waals surface area contributed by atoms with E-state index in [1.165, 1.54) is 13.5 Å². The van der Waals surface area contributed by atoms with Gasteiger partial charge in [-0.25, -0.2) is 0 Å². The molecule has 5 heteroatoms. The summed E-state index contributed by atoms with van der Waals surface area (Å²) in [6.45, 7) is 5.23. The first-order chi connectivity index (χ1) is 9.35. The fourth-order valence-electron chi connectivity index (χ4n) is 2.18. The third-order valence-corrected chi connectivity index (χ3v) is 3.80. The summed E-state index contributed by atoms with van der Waals surface area (Å²) >= 11 is 0. The quantitative estimate of drug-likeness (QED) is 0.457. The lowest BCUT2D eigenvalue weighted by Crippen LogP contribution is -2.48. The third kappa shape index (κ3) is 7.82. The molecule has 0 aromatic carbocycles. The predicted octanol–water partition coefficient (Wildman–Crippen LogP) is 1.19. The van der Waals surface area contributed by atoms with E-state index < -0.39 is 5.54 Å². The third-order valence-electron chi connectivity index (χ3n) is 3.80. The number of unbranched alkanes of at least 4 members (excludes halogenated alkanes) is 1. The number of nitrogens with zero attached hydrogens (tertiary/aromatic N) is 2. The van der Waals surface area contributed by atoms with Crippen LogP contribution in [0.1, 0.15) is 32.6 Å². The van der Waals surface area contributed by atoms with E-state index in [0.717, 1.165) is 38.9 Å². The maximum Gasteiger partial charge on any atom is 0.325 e. The zero-order chi connectivity index (χ0) is 15.6. The Balaban J connectivity index is 3.81. The van der Waals surface area contributed by atoms with Gasteiger partial charge < -0.3 is 19.9 Å². The van der Waals surface area contributed by atoms with Gasteiger partial charge in [-0.1, -0.05) is 0 Å². The van der Waals surface area contributed by atoms with Crippen molar-refractivity contribution < 1.29 is 9.53 Å². The summed E-state index contributed by atoms with van der Waals surface area (Å²) < 4.78 is 4.84. The minimum absolute atomic E-state index is 0.181. The molecule has 20 heavy (non-hydrogen) atoms. The molecular weight excluding hydrogens is 254 g/mol. The zero-order valence-corrected chi connectivity index (χ0v) is 14.2. The number of nitrogens with one attached hydrogen (secondary N) is 1. The van der Waals surface area contributed by atoms with Crippen LogP contribution in [0.15, 0.2) is 0 Å². The van der Waals surface area contributed by atoms with Crippen LogP contribution in [-0.2, 0) is 9.53 Å². The molecule has 1 N–H and O–H groups in total. The number of rotatable bonds is 11. The van der Waals surface area contributed by atoms with E-state index in [9.17, 15) is 4.79 Å². The fourth-order valence-corrected chi connectivity index (χ4v) is 2.18. The Kier molecular flexibility index (Phi) is 9.80. The molecule has 0 spiro atoms. The summed E-state index contributed by atoms with van der Waals surface area (Å²) in [6.07, 6.45) is 4.12. The van der Waals surface area contributed by atoms with Gasteiger partial charge in [-0.2, -0.15) is 0 Å². The van der Waals surface area contributed by atoms with Crippen molar-refractivity contribution in [1.82, 2.24) is 15.1 Å². The van der Waals surface area contributed by atoms with Crippen LogP contribution in [0.3, 0.4) is 0 Å². The van der Waals surface area contributed by atoms with Crippen molar-refractivity contribution in [3.8, 4) is 0 Å². The standard InChI is InChI=1S/C15H33N3O2/c1-15(16-2,14(19)20-6)10-7-8-12-18(5)13-9-11-17(3)4/h16H,7-13H2,1-6H3. The Hall–Kier alpha value is -0.650. The van der Waals surface area contributed by atoms with Gasteiger partial charge in [0.1, 0.15) is 5.54 Å². The lowest BCUT2D eigenvalue weighted by molar-refractivity contribution is -0.148. The van der Waals surface area contributed by atoms with E-state index in [1.807, 2.05) is 14.0 Å². The molecule has 0 heterocycles. The van der Waals surface area contributed by atoms with E-state index in [0.29, 0.717) is 0 Å². The number of likely N-dealkylation sites (N-methyl/N-ethyl adjacent to an activating group) is 1. The summed E-state index contributed by atoms with van der Waals surface area (Å²) in [6, 6.07) is 0. The van der Waals surface area contributed by atoms with Crippen molar-refractivity contribution in [2.75, 3.05) is 54.9 Å². The van der Waals surface area contributed by atoms with Crippen LogP contribution in [0.25, 0.3) is 0 Å². The molecular formula is C15H33N3O2. The molecule has 0 rings (SSSR count). The highest BCUT2D eigenvalue weighted by Gasteiger charge is 2.31. The van der Waals surface area contributed by atoms with Crippen LogP contribution in [0, 0.1) is 0 Å². The average Bonchev–Trinajstić information content (AvgIpc) is 2.41. The predicted molar refractivity (Wildman–Crippen MR) is 84.0 cm³/mol. The molecule has 1 atom stereocenters. The van der Waals surface area contributed by atoms with Crippen LogP contribution < -0.4 is 5.32 Å². The van der Waals surface area contributed by atoms with Crippen molar-refractivity contribution in [3.05, 3.63) is 0 Å². The Bertz CT molecular complexity index is 272. The maximum absolute atomic E-state index is 11.7. The number of esters is 1. The van der Waals surface area contributed by atoms with E-state index in [-0.39, 0.29) is 5.97 Å². The van der Waals surface area contributed by atoms with Gasteiger partial charge in [0.25, 0.3) is 0 Å². The Labute approximate surface area is 124 Å². The number of carbonyl (C=O) groups excluding carboxylic acids is 1. The molecule has 120 valence electrons. The van der Waals surface area contributed by atoms with Crippen LogP contribution in [0.5, 0.6) is 0 Å². The molecule has 0 bridgehead atoms. The highest BCUT2D eigenvalue weighted by atomic mass is 16.5. The van der Waals surface area contributed by atoms with Gasteiger partial charge in [-0.15, -0.1) is 0 Å². The van der Waals surface area contributed by atoms with Gasteiger partial charge in [0, 0.05) is 0 Å². The van der Waals surface area contributed by atoms with Gasteiger partial charge in [0.05, 0.1) is 7.11 Å². The fraction of sp³-hybridized carbons (Fsp3) is 0.933. The second kappa shape index (κ2) is 10.1. The second-order valence-corrected chi connectivity index (χ2v) is 5.99. The van der Waals surface area contributed by atoms with Crippen molar-refractivity contribution in [3.63, 3.8) is 0 Å². The van der Waals surface area contributed by atoms with Gasteiger partial charge in [0.15, 0.2) is 0 Å². The van der Waals surface area contributed by atoms with Crippen LogP contribution in [0.2, 0.25) is 0 Å². The second-order valence-electron chi connectivity index (χ2n) is 5.99. The van der Waals surface area contributed by atoms with Gasteiger partial charge in [0.2, 0.25) is 0 Å². The molecule has 0 radical (unpaired) electrons. The minimum atomic E-state index is -0.557. The average molecular weight is 287 g/mol. The summed E-state index contributed by atoms with van der Waals surface area (Å²) in [5.74, 6) is -0.181. The Morgan fingerprint density at radius 1 is 1.10 bits per heavy atom. The van der Waals surface area contributed by atoms with Crippen LogP contribution in [0.4, 0.5) is 0 Å². The minimum Gasteiger partial charge on any atom is -0.468 e. The normalized spacial score (nSPS) is 14.6. The van der Waals surface area contributed by atoms with Crippen molar-refractivity contribution in [2.24, 2.45) is 0 Å². The maximum atomic E-state index is 11.7. The van der Waals surface area contributed by atoms with Gasteiger partial charge in [-0.3, -0.25) is 4.79 Å². The molecule has 0 aliphatic rings. The van der Waals surface area contributed by atoms with Crippen molar-refractivity contribution >= 4 is 5.97 Å².